The lowest BCUT2D eigenvalue weighted by atomic mass is 9.66. The Morgan fingerprint density at radius 2 is 2.08 bits per heavy atom. The summed E-state index contributed by atoms with van der Waals surface area (Å²) in [6.45, 7) is 9.47. The van der Waals surface area contributed by atoms with E-state index in [1.165, 1.54) is 5.56 Å². The van der Waals surface area contributed by atoms with E-state index in [2.05, 4.69) is 55.0 Å². The van der Waals surface area contributed by atoms with Gasteiger partial charge in [0.2, 0.25) is 5.91 Å². The van der Waals surface area contributed by atoms with Crippen molar-refractivity contribution in [2.24, 2.45) is 11.3 Å². The maximum absolute atomic E-state index is 12.7. The monoisotopic (exact) mass is 338 g/mol. The Labute approximate surface area is 149 Å². The van der Waals surface area contributed by atoms with Crippen molar-refractivity contribution in [1.82, 2.24) is 19.9 Å². The number of benzene rings is 1. The van der Waals surface area contributed by atoms with Gasteiger partial charge in [0.15, 0.2) is 0 Å². The summed E-state index contributed by atoms with van der Waals surface area (Å²) in [5.41, 5.74) is 3.08. The average molecular weight is 338 g/mol. The molecule has 2 bridgehead atoms. The van der Waals surface area contributed by atoms with Crippen LogP contribution in [-0.4, -0.2) is 31.3 Å². The van der Waals surface area contributed by atoms with Crippen LogP contribution in [0, 0.1) is 18.3 Å². The second-order valence-corrected chi connectivity index (χ2v) is 8.41. The first-order valence-electron chi connectivity index (χ1n) is 9.10. The van der Waals surface area contributed by atoms with Crippen LogP contribution in [0.1, 0.15) is 51.3 Å². The molecule has 1 aromatic carbocycles. The fraction of sp³-hybridized carbons (Fsp3) is 0.550. The van der Waals surface area contributed by atoms with E-state index in [0.29, 0.717) is 18.9 Å². The van der Waals surface area contributed by atoms with E-state index in [9.17, 15) is 4.79 Å². The summed E-state index contributed by atoms with van der Waals surface area (Å²) in [7, 11) is 0. The molecule has 2 aliphatic rings. The molecule has 25 heavy (non-hydrogen) atoms. The maximum Gasteiger partial charge on any atom is 0.223 e. The van der Waals surface area contributed by atoms with Crippen molar-refractivity contribution in [2.45, 2.75) is 59.0 Å². The Morgan fingerprint density at radius 3 is 2.84 bits per heavy atom. The Morgan fingerprint density at radius 1 is 1.28 bits per heavy atom. The molecule has 1 aliphatic heterocycles. The predicted molar refractivity (Wildman–Crippen MR) is 96.2 cm³/mol. The Balaban J connectivity index is 1.61. The molecule has 1 aliphatic carbocycles. The minimum Gasteiger partial charge on any atom is -0.331 e. The van der Waals surface area contributed by atoms with E-state index in [1.807, 2.05) is 18.3 Å². The number of hydrogen-bond donors (Lipinski definition) is 0. The third kappa shape index (κ3) is 2.40. The molecule has 2 fully saturated rings. The zero-order valence-corrected chi connectivity index (χ0v) is 15.5. The van der Waals surface area contributed by atoms with Crippen molar-refractivity contribution < 1.29 is 4.79 Å². The number of carbonyl (C=O) groups excluding carboxylic acids is 1. The Hall–Kier alpha value is -2.17. The molecular weight excluding hydrogens is 312 g/mol. The van der Waals surface area contributed by atoms with Crippen LogP contribution < -0.4 is 0 Å². The first-order valence-corrected chi connectivity index (χ1v) is 9.10. The first kappa shape index (κ1) is 16.3. The van der Waals surface area contributed by atoms with Crippen LogP contribution in [0.3, 0.4) is 0 Å². The molecule has 2 atom stereocenters. The van der Waals surface area contributed by atoms with E-state index in [4.69, 9.17) is 0 Å². The Bertz CT molecular complexity index is 825. The maximum atomic E-state index is 12.7. The lowest BCUT2D eigenvalue weighted by Gasteiger charge is -2.52. The third-order valence-electron chi connectivity index (χ3n) is 6.83. The topological polar surface area (TPSA) is 51.0 Å². The second kappa shape index (κ2) is 5.41. The van der Waals surface area contributed by atoms with Crippen molar-refractivity contribution in [3.8, 4) is 5.69 Å². The number of hydrogen-bond acceptors (Lipinski definition) is 3. The van der Waals surface area contributed by atoms with E-state index in [-0.39, 0.29) is 16.9 Å². The van der Waals surface area contributed by atoms with Crippen LogP contribution in [0.15, 0.2) is 30.5 Å². The molecule has 4 rings (SSSR count). The molecule has 1 amide bonds. The normalized spacial score (nSPS) is 27.8. The Kier molecular flexibility index (Phi) is 3.53. The van der Waals surface area contributed by atoms with Gasteiger partial charge < -0.3 is 4.90 Å². The highest BCUT2D eigenvalue weighted by Crippen LogP contribution is 2.57. The van der Waals surface area contributed by atoms with Crippen molar-refractivity contribution >= 4 is 5.91 Å². The summed E-state index contributed by atoms with van der Waals surface area (Å²) < 4.78 is 1.79. The SMILES string of the molecule is Cc1cccc(-n2cc(CN3C(=O)C[C@@H]4CC[C@@]3(C)C4(C)C)nn2)c1. The average Bonchev–Trinajstić information content (AvgIpc) is 3.07. The van der Waals surface area contributed by atoms with E-state index >= 15 is 0 Å². The standard InChI is InChI=1S/C20H26N4O/c1-14-6-5-7-17(10-14)24-13-16(21-22-24)12-23-18(25)11-15-8-9-20(23,4)19(15,2)3/h5-7,10,13,15H,8-9,11-12H2,1-4H3/t15-,20-/m0/s1. The number of fused-ring (bicyclic) bond motifs is 2. The lowest BCUT2D eigenvalue weighted by molar-refractivity contribution is -0.152. The largest absolute Gasteiger partial charge is 0.331 e. The number of piperidine rings is 1. The first-order chi connectivity index (χ1) is 11.8. The highest BCUT2D eigenvalue weighted by Gasteiger charge is 2.59. The van der Waals surface area contributed by atoms with Crippen LogP contribution in [0.4, 0.5) is 0 Å². The summed E-state index contributed by atoms with van der Waals surface area (Å²) in [4.78, 5) is 14.8. The molecule has 0 N–H and O–H groups in total. The molecule has 1 aromatic heterocycles. The van der Waals surface area contributed by atoms with Crippen LogP contribution in [0.2, 0.25) is 0 Å². The highest BCUT2D eigenvalue weighted by molar-refractivity contribution is 5.79. The van der Waals surface area contributed by atoms with Crippen LogP contribution in [0.25, 0.3) is 5.69 Å². The molecule has 0 spiro atoms. The minimum atomic E-state index is -0.0971. The molecule has 0 radical (unpaired) electrons. The van der Waals surface area contributed by atoms with Gasteiger partial charge in [0.05, 0.1) is 18.4 Å². The summed E-state index contributed by atoms with van der Waals surface area (Å²) >= 11 is 0. The smallest absolute Gasteiger partial charge is 0.223 e. The predicted octanol–water partition coefficient (Wildman–Crippen LogP) is 3.50. The van der Waals surface area contributed by atoms with Crippen molar-refractivity contribution in [3.63, 3.8) is 0 Å². The summed E-state index contributed by atoms with van der Waals surface area (Å²) in [6.07, 6.45) is 4.82. The van der Waals surface area contributed by atoms with Gasteiger partial charge in [-0.3, -0.25) is 4.79 Å². The quantitative estimate of drug-likeness (QED) is 0.860. The van der Waals surface area contributed by atoms with Crippen LogP contribution >= 0.6 is 0 Å². The number of likely N-dealkylation sites (tertiary alicyclic amines) is 1. The molecule has 5 nitrogen and oxygen atoms in total. The summed E-state index contributed by atoms with van der Waals surface area (Å²) in [5, 5.41) is 8.60. The van der Waals surface area contributed by atoms with Gasteiger partial charge in [-0.2, -0.15) is 0 Å². The fourth-order valence-corrected chi connectivity index (χ4v) is 4.71. The van der Waals surface area contributed by atoms with Gasteiger partial charge in [-0.05, 0) is 55.7 Å². The minimum absolute atomic E-state index is 0.0971. The highest BCUT2D eigenvalue weighted by atomic mass is 16.2. The lowest BCUT2D eigenvalue weighted by Crippen LogP contribution is -2.60. The zero-order chi connectivity index (χ0) is 17.8. The number of nitrogens with zero attached hydrogens (tertiary/aromatic N) is 4. The molecular formula is C20H26N4O. The van der Waals surface area contributed by atoms with Crippen molar-refractivity contribution in [3.05, 3.63) is 41.7 Å². The van der Waals surface area contributed by atoms with Gasteiger partial charge in [-0.1, -0.05) is 31.2 Å². The third-order valence-corrected chi connectivity index (χ3v) is 6.83. The fourth-order valence-electron chi connectivity index (χ4n) is 4.71. The zero-order valence-electron chi connectivity index (χ0n) is 15.5. The van der Waals surface area contributed by atoms with Gasteiger partial charge in [0.1, 0.15) is 5.69 Å². The number of aryl methyl sites for hydroxylation is 1. The molecule has 132 valence electrons. The van der Waals surface area contributed by atoms with E-state index < -0.39 is 0 Å². The van der Waals surface area contributed by atoms with E-state index in [1.54, 1.807) is 4.68 Å². The second-order valence-electron chi connectivity index (χ2n) is 8.41. The molecule has 5 heteroatoms. The molecule has 1 saturated carbocycles. The summed E-state index contributed by atoms with van der Waals surface area (Å²) in [6, 6.07) is 8.18. The van der Waals surface area contributed by atoms with Crippen LogP contribution in [0.5, 0.6) is 0 Å². The van der Waals surface area contributed by atoms with Gasteiger partial charge in [-0.15, -0.1) is 5.10 Å². The van der Waals surface area contributed by atoms with E-state index in [0.717, 1.165) is 24.2 Å². The van der Waals surface area contributed by atoms with Crippen LogP contribution in [-0.2, 0) is 11.3 Å². The molecule has 0 unspecified atom stereocenters. The van der Waals surface area contributed by atoms with Gasteiger partial charge >= 0.3 is 0 Å². The molecule has 2 heterocycles. The molecule has 2 aromatic rings. The summed E-state index contributed by atoms with van der Waals surface area (Å²) in [5.74, 6) is 0.763. The number of amides is 1. The number of carbonyl (C=O) groups is 1. The molecule has 1 saturated heterocycles. The van der Waals surface area contributed by atoms with Gasteiger partial charge in [-0.25, -0.2) is 4.68 Å². The van der Waals surface area contributed by atoms with Gasteiger partial charge in [0, 0.05) is 12.0 Å². The number of aromatic nitrogens is 3. The number of rotatable bonds is 3. The van der Waals surface area contributed by atoms with Gasteiger partial charge in [0.25, 0.3) is 0 Å². The van der Waals surface area contributed by atoms with Crippen molar-refractivity contribution in [2.75, 3.05) is 0 Å². The van der Waals surface area contributed by atoms with Crippen molar-refractivity contribution in [1.29, 1.82) is 0 Å².